The first-order valence-electron chi connectivity index (χ1n) is 6.84. The number of nitrogens with one attached hydrogen (secondary N) is 2. The van der Waals surface area contributed by atoms with Gasteiger partial charge < -0.3 is 19.8 Å². The molecule has 1 aromatic rings. The molecule has 5 nitrogen and oxygen atoms in total. The van der Waals surface area contributed by atoms with E-state index in [0.29, 0.717) is 30.6 Å². The summed E-state index contributed by atoms with van der Waals surface area (Å²) >= 11 is 0. The number of furan rings is 1. The van der Waals surface area contributed by atoms with Crippen molar-refractivity contribution in [2.45, 2.75) is 32.8 Å². The van der Waals surface area contributed by atoms with Crippen molar-refractivity contribution in [2.75, 3.05) is 26.2 Å². The van der Waals surface area contributed by atoms with Gasteiger partial charge in [0.2, 0.25) is 0 Å². The van der Waals surface area contributed by atoms with Crippen molar-refractivity contribution < 1.29 is 13.9 Å². The summed E-state index contributed by atoms with van der Waals surface area (Å²) in [5.74, 6) is 1.33. The molecule has 19 heavy (non-hydrogen) atoms. The molecule has 0 radical (unpaired) electrons. The molecule has 1 saturated heterocycles. The van der Waals surface area contributed by atoms with Gasteiger partial charge in [0.05, 0.1) is 18.3 Å². The number of carbonyl (C=O) groups is 1. The van der Waals surface area contributed by atoms with Crippen molar-refractivity contribution in [2.24, 2.45) is 0 Å². The Bertz CT molecular complexity index is 422. The van der Waals surface area contributed by atoms with Crippen LogP contribution < -0.4 is 10.6 Å². The van der Waals surface area contributed by atoms with Crippen molar-refractivity contribution in [3.8, 4) is 0 Å². The Kier molecular flexibility index (Phi) is 4.99. The molecule has 106 valence electrons. The first-order valence-corrected chi connectivity index (χ1v) is 6.84. The fourth-order valence-electron chi connectivity index (χ4n) is 2.30. The van der Waals surface area contributed by atoms with Gasteiger partial charge in [-0.25, -0.2) is 0 Å². The second-order valence-electron chi connectivity index (χ2n) is 4.90. The maximum atomic E-state index is 11.9. The summed E-state index contributed by atoms with van der Waals surface area (Å²) < 4.78 is 11.1. The third kappa shape index (κ3) is 4.08. The summed E-state index contributed by atoms with van der Waals surface area (Å²) in [7, 11) is 0. The van der Waals surface area contributed by atoms with Gasteiger partial charge in [0.25, 0.3) is 5.91 Å². The zero-order valence-electron chi connectivity index (χ0n) is 11.6. The van der Waals surface area contributed by atoms with Gasteiger partial charge >= 0.3 is 0 Å². The van der Waals surface area contributed by atoms with E-state index in [1.165, 1.54) is 0 Å². The lowest BCUT2D eigenvalue weighted by Crippen LogP contribution is -2.34. The standard InChI is InChI=1S/C14H22N2O3/c1-10-9-13(11(2)19-10)14(17)16-7-8-18-12-3-5-15-6-4-12/h9,12,15H,3-8H2,1-2H3,(H,16,17). The zero-order chi connectivity index (χ0) is 13.7. The average Bonchev–Trinajstić information content (AvgIpc) is 2.75. The van der Waals surface area contributed by atoms with Crippen LogP contribution in [0.4, 0.5) is 0 Å². The van der Waals surface area contributed by atoms with Crippen LogP contribution in [-0.4, -0.2) is 38.3 Å². The van der Waals surface area contributed by atoms with Crippen LogP contribution in [0, 0.1) is 13.8 Å². The molecule has 0 unspecified atom stereocenters. The van der Waals surface area contributed by atoms with E-state index in [9.17, 15) is 4.79 Å². The SMILES string of the molecule is Cc1cc(C(=O)NCCOC2CCNCC2)c(C)o1. The Morgan fingerprint density at radius 2 is 2.21 bits per heavy atom. The van der Waals surface area contributed by atoms with Crippen LogP contribution in [0.25, 0.3) is 0 Å². The average molecular weight is 266 g/mol. The van der Waals surface area contributed by atoms with Crippen molar-refractivity contribution in [3.63, 3.8) is 0 Å². The fraction of sp³-hybridized carbons (Fsp3) is 0.643. The van der Waals surface area contributed by atoms with E-state index in [0.717, 1.165) is 31.7 Å². The summed E-state index contributed by atoms with van der Waals surface area (Å²) in [4.78, 5) is 11.9. The molecular weight excluding hydrogens is 244 g/mol. The molecule has 0 aromatic carbocycles. The molecule has 0 saturated carbocycles. The highest BCUT2D eigenvalue weighted by atomic mass is 16.5. The number of amides is 1. The Labute approximate surface area is 113 Å². The summed E-state index contributed by atoms with van der Waals surface area (Å²) in [6, 6.07) is 1.76. The molecule has 2 N–H and O–H groups in total. The van der Waals surface area contributed by atoms with E-state index in [1.807, 2.05) is 6.92 Å². The van der Waals surface area contributed by atoms with Crippen LogP contribution in [0.2, 0.25) is 0 Å². The lowest BCUT2D eigenvalue weighted by molar-refractivity contribution is 0.0343. The Hall–Kier alpha value is -1.33. The van der Waals surface area contributed by atoms with E-state index in [-0.39, 0.29) is 5.91 Å². The second-order valence-corrected chi connectivity index (χ2v) is 4.90. The van der Waals surface area contributed by atoms with Crippen molar-refractivity contribution in [3.05, 3.63) is 23.2 Å². The predicted octanol–water partition coefficient (Wildman–Crippen LogP) is 1.39. The summed E-state index contributed by atoms with van der Waals surface area (Å²) in [5, 5.41) is 6.15. The maximum Gasteiger partial charge on any atom is 0.254 e. The molecular formula is C14H22N2O3. The van der Waals surface area contributed by atoms with E-state index in [2.05, 4.69) is 10.6 Å². The minimum atomic E-state index is -0.0942. The van der Waals surface area contributed by atoms with E-state index >= 15 is 0 Å². The molecule has 1 aliphatic heterocycles. The van der Waals surface area contributed by atoms with Gasteiger partial charge in [0.1, 0.15) is 11.5 Å². The molecule has 2 rings (SSSR count). The normalized spacial score (nSPS) is 16.5. The first-order chi connectivity index (χ1) is 9.16. The largest absolute Gasteiger partial charge is 0.466 e. The highest BCUT2D eigenvalue weighted by Crippen LogP contribution is 2.13. The van der Waals surface area contributed by atoms with Gasteiger partial charge in [-0.15, -0.1) is 0 Å². The Morgan fingerprint density at radius 3 is 2.84 bits per heavy atom. The predicted molar refractivity (Wildman–Crippen MR) is 72.4 cm³/mol. The van der Waals surface area contributed by atoms with Gasteiger partial charge in [-0.3, -0.25) is 4.79 Å². The monoisotopic (exact) mass is 266 g/mol. The van der Waals surface area contributed by atoms with Crippen molar-refractivity contribution in [1.82, 2.24) is 10.6 Å². The molecule has 0 aliphatic carbocycles. The van der Waals surface area contributed by atoms with Crippen LogP contribution in [0.15, 0.2) is 10.5 Å². The fourth-order valence-corrected chi connectivity index (χ4v) is 2.30. The second kappa shape index (κ2) is 6.73. The van der Waals surface area contributed by atoms with Gasteiger partial charge in [0, 0.05) is 6.54 Å². The Morgan fingerprint density at radius 1 is 1.47 bits per heavy atom. The van der Waals surface area contributed by atoms with Gasteiger partial charge in [-0.05, 0) is 45.8 Å². The highest BCUT2D eigenvalue weighted by molar-refractivity contribution is 5.95. The quantitative estimate of drug-likeness (QED) is 0.791. The van der Waals surface area contributed by atoms with Crippen molar-refractivity contribution >= 4 is 5.91 Å². The van der Waals surface area contributed by atoms with E-state index < -0.39 is 0 Å². The van der Waals surface area contributed by atoms with E-state index in [4.69, 9.17) is 9.15 Å². The van der Waals surface area contributed by atoms with Gasteiger partial charge in [0.15, 0.2) is 0 Å². The molecule has 1 amide bonds. The third-order valence-electron chi connectivity index (χ3n) is 3.31. The van der Waals surface area contributed by atoms with Crippen molar-refractivity contribution in [1.29, 1.82) is 0 Å². The number of hydrogen-bond acceptors (Lipinski definition) is 4. The van der Waals surface area contributed by atoms with Crippen LogP contribution in [0.5, 0.6) is 0 Å². The minimum Gasteiger partial charge on any atom is -0.466 e. The number of piperidine rings is 1. The van der Waals surface area contributed by atoms with Crippen LogP contribution in [0.3, 0.4) is 0 Å². The summed E-state index contributed by atoms with van der Waals surface area (Å²) in [6.45, 7) is 6.77. The molecule has 0 bridgehead atoms. The van der Waals surface area contributed by atoms with E-state index in [1.54, 1.807) is 13.0 Å². The molecule has 5 heteroatoms. The first kappa shape index (κ1) is 14.1. The molecule has 0 atom stereocenters. The molecule has 0 spiro atoms. The van der Waals surface area contributed by atoms with Gasteiger partial charge in [-0.2, -0.15) is 0 Å². The third-order valence-corrected chi connectivity index (χ3v) is 3.31. The lowest BCUT2D eigenvalue weighted by Gasteiger charge is -2.22. The zero-order valence-corrected chi connectivity index (χ0v) is 11.6. The van der Waals surface area contributed by atoms with Crippen LogP contribution >= 0.6 is 0 Å². The van der Waals surface area contributed by atoms with Gasteiger partial charge in [-0.1, -0.05) is 0 Å². The summed E-state index contributed by atoms with van der Waals surface area (Å²) in [6.07, 6.45) is 2.43. The smallest absolute Gasteiger partial charge is 0.254 e. The highest BCUT2D eigenvalue weighted by Gasteiger charge is 2.14. The maximum absolute atomic E-state index is 11.9. The number of aryl methyl sites for hydroxylation is 2. The number of ether oxygens (including phenoxy) is 1. The Balaban J connectivity index is 1.67. The van der Waals surface area contributed by atoms with Crippen LogP contribution in [-0.2, 0) is 4.74 Å². The lowest BCUT2D eigenvalue weighted by atomic mass is 10.1. The molecule has 1 aliphatic rings. The number of carbonyl (C=O) groups excluding carboxylic acids is 1. The summed E-state index contributed by atoms with van der Waals surface area (Å²) in [5.41, 5.74) is 0.611. The molecule has 1 aromatic heterocycles. The molecule has 2 heterocycles. The number of rotatable bonds is 5. The molecule has 1 fully saturated rings. The minimum absolute atomic E-state index is 0.0942. The van der Waals surface area contributed by atoms with Crippen LogP contribution in [0.1, 0.15) is 34.7 Å². The number of hydrogen-bond donors (Lipinski definition) is 2. The topological polar surface area (TPSA) is 63.5 Å².